The van der Waals surface area contributed by atoms with E-state index in [1.54, 1.807) is 7.11 Å². The SMILES string of the molecule is CO/C(=C\[Si](C)(C)C)O[Si](C)(C)C. The van der Waals surface area contributed by atoms with Crippen molar-refractivity contribution in [2.75, 3.05) is 7.11 Å². The van der Waals surface area contributed by atoms with Gasteiger partial charge in [-0.25, -0.2) is 0 Å². The van der Waals surface area contributed by atoms with Crippen LogP contribution in [0.5, 0.6) is 0 Å². The van der Waals surface area contributed by atoms with E-state index in [9.17, 15) is 0 Å². The van der Waals surface area contributed by atoms with Gasteiger partial charge in [-0.3, -0.25) is 0 Å². The maximum absolute atomic E-state index is 5.78. The maximum atomic E-state index is 5.78. The lowest BCUT2D eigenvalue weighted by atomic mass is 11.0. The van der Waals surface area contributed by atoms with Crippen molar-refractivity contribution in [3.8, 4) is 0 Å². The van der Waals surface area contributed by atoms with Gasteiger partial charge >= 0.3 is 0 Å². The van der Waals surface area contributed by atoms with Gasteiger partial charge in [0.25, 0.3) is 5.95 Å². The lowest BCUT2D eigenvalue weighted by Gasteiger charge is -2.22. The lowest BCUT2D eigenvalue weighted by Crippen LogP contribution is -2.27. The van der Waals surface area contributed by atoms with Crippen LogP contribution in [0, 0.1) is 0 Å². The number of ether oxygens (including phenoxy) is 1. The quantitative estimate of drug-likeness (QED) is 0.533. The molecule has 4 heteroatoms. The molecule has 0 N–H and O–H groups in total. The summed E-state index contributed by atoms with van der Waals surface area (Å²) in [6.07, 6.45) is 0. The molecule has 0 aliphatic carbocycles. The molecule has 13 heavy (non-hydrogen) atoms. The van der Waals surface area contributed by atoms with Gasteiger partial charge in [0.15, 0.2) is 0 Å². The third-order valence-electron chi connectivity index (χ3n) is 1.16. The van der Waals surface area contributed by atoms with E-state index in [0.29, 0.717) is 0 Å². The van der Waals surface area contributed by atoms with Gasteiger partial charge in [0.05, 0.1) is 15.2 Å². The van der Waals surface area contributed by atoms with E-state index >= 15 is 0 Å². The van der Waals surface area contributed by atoms with Crippen LogP contribution in [0.2, 0.25) is 39.3 Å². The van der Waals surface area contributed by atoms with E-state index in [0.717, 1.165) is 5.95 Å². The van der Waals surface area contributed by atoms with Crippen molar-refractivity contribution in [3.05, 3.63) is 11.6 Å². The Morgan fingerprint density at radius 3 is 1.69 bits per heavy atom. The number of methoxy groups -OCH3 is 1. The molecule has 78 valence electrons. The summed E-state index contributed by atoms with van der Waals surface area (Å²) in [4.78, 5) is 0. The normalized spacial score (nSPS) is 14.2. The van der Waals surface area contributed by atoms with Gasteiger partial charge in [-0.2, -0.15) is 0 Å². The second-order valence-electron chi connectivity index (χ2n) is 5.25. The summed E-state index contributed by atoms with van der Waals surface area (Å²) >= 11 is 0. The third kappa shape index (κ3) is 8.11. The van der Waals surface area contributed by atoms with Crippen molar-refractivity contribution >= 4 is 16.4 Å². The summed E-state index contributed by atoms with van der Waals surface area (Å²) in [7, 11) is -1.07. The molecule has 0 spiro atoms. The molecule has 0 rings (SSSR count). The van der Waals surface area contributed by atoms with E-state index in [1.807, 2.05) is 0 Å². The first kappa shape index (κ1) is 12.8. The van der Waals surface area contributed by atoms with Crippen molar-refractivity contribution in [2.45, 2.75) is 39.3 Å². The van der Waals surface area contributed by atoms with E-state index in [2.05, 4.69) is 45.0 Å². The van der Waals surface area contributed by atoms with Gasteiger partial charge in [-0.05, 0) is 25.3 Å². The van der Waals surface area contributed by atoms with Gasteiger partial charge in [-0.1, -0.05) is 19.6 Å². The summed E-state index contributed by atoms with van der Waals surface area (Å²) in [6, 6.07) is 0. The van der Waals surface area contributed by atoms with Crippen LogP contribution in [0.15, 0.2) is 11.6 Å². The van der Waals surface area contributed by atoms with Crippen molar-refractivity contribution < 1.29 is 9.16 Å². The van der Waals surface area contributed by atoms with Crippen LogP contribution in [0.25, 0.3) is 0 Å². The summed E-state index contributed by atoms with van der Waals surface area (Å²) in [5, 5.41) is 0. The van der Waals surface area contributed by atoms with Crippen molar-refractivity contribution in [1.82, 2.24) is 0 Å². The minimum atomic E-state index is -1.51. The Labute approximate surface area is 84.1 Å². The number of hydrogen-bond acceptors (Lipinski definition) is 2. The Balaban J connectivity index is 4.45. The smallest absolute Gasteiger partial charge is 0.256 e. The molecule has 0 bridgehead atoms. The molecule has 0 aliphatic rings. The Morgan fingerprint density at radius 1 is 1.00 bits per heavy atom. The van der Waals surface area contributed by atoms with E-state index in [4.69, 9.17) is 9.16 Å². The van der Waals surface area contributed by atoms with Gasteiger partial charge in [-0.15, -0.1) is 0 Å². The predicted molar refractivity (Wildman–Crippen MR) is 62.9 cm³/mol. The molecule has 0 aromatic rings. The number of hydrogen-bond donors (Lipinski definition) is 0. The van der Waals surface area contributed by atoms with Gasteiger partial charge in [0, 0.05) is 0 Å². The monoisotopic (exact) mass is 218 g/mol. The summed E-state index contributed by atoms with van der Waals surface area (Å²) in [5.41, 5.74) is 2.16. The Hall–Kier alpha value is -0.226. The fourth-order valence-corrected chi connectivity index (χ4v) is 2.53. The van der Waals surface area contributed by atoms with Crippen molar-refractivity contribution in [2.24, 2.45) is 0 Å². The highest BCUT2D eigenvalue weighted by atomic mass is 28.4. The molecule has 2 nitrogen and oxygen atoms in total. The molecule has 0 radical (unpaired) electrons. The van der Waals surface area contributed by atoms with E-state index < -0.39 is 16.4 Å². The summed E-state index contributed by atoms with van der Waals surface area (Å²) in [6.45, 7) is 13.3. The van der Waals surface area contributed by atoms with Crippen LogP contribution in [-0.4, -0.2) is 23.5 Å². The van der Waals surface area contributed by atoms with Gasteiger partial charge in [0.1, 0.15) is 0 Å². The van der Waals surface area contributed by atoms with Gasteiger partial charge in [0.2, 0.25) is 8.32 Å². The zero-order valence-electron chi connectivity index (χ0n) is 9.89. The van der Waals surface area contributed by atoms with E-state index in [-0.39, 0.29) is 0 Å². The van der Waals surface area contributed by atoms with Crippen LogP contribution in [0.4, 0.5) is 0 Å². The molecule has 0 aliphatic heterocycles. The zero-order valence-corrected chi connectivity index (χ0v) is 11.9. The molecular formula is C9H22O2Si2. The Kier molecular flexibility index (Phi) is 4.25. The first-order chi connectivity index (χ1) is 5.64. The summed E-state index contributed by atoms with van der Waals surface area (Å²) < 4.78 is 11.0. The molecule has 0 saturated heterocycles. The van der Waals surface area contributed by atoms with E-state index in [1.165, 1.54) is 0 Å². The molecule has 0 atom stereocenters. The standard InChI is InChI=1S/C9H22O2Si2/c1-10-9(8-12(2,3)4)11-13(5,6)7/h8H,1-7H3/b9-8+. The second kappa shape index (κ2) is 4.33. The van der Waals surface area contributed by atoms with Gasteiger partial charge < -0.3 is 9.16 Å². The summed E-state index contributed by atoms with van der Waals surface area (Å²) in [5.74, 6) is 0.721. The average molecular weight is 218 g/mol. The topological polar surface area (TPSA) is 18.5 Å². The van der Waals surface area contributed by atoms with Crippen LogP contribution >= 0.6 is 0 Å². The lowest BCUT2D eigenvalue weighted by molar-refractivity contribution is 0.148. The molecule has 0 aromatic carbocycles. The highest BCUT2D eigenvalue weighted by molar-refractivity contribution is 6.81. The first-order valence-electron chi connectivity index (χ1n) is 4.60. The Bertz CT molecular complexity index is 187. The van der Waals surface area contributed by atoms with Crippen molar-refractivity contribution in [1.29, 1.82) is 0 Å². The minimum absolute atomic E-state index is 0.721. The molecular weight excluding hydrogens is 196 g/mol. The molecule has 0 heterocycles. The van der Waals surface area contributed by atoms with Crippen LogP contribution in [0.1, 0.15) is 0 Å². The van der Waals surface area contributed by atoms with Crippen LogP contribution in [0.3, 0.4) is 0 Å². The van der Waals surface area contributed by atoms with Crippen LogP contribution in [-0.2, 0) is 9.16 Å². The zero-order chi connectivity index (χ0) is 10.7. The van der Waals surface area contributed by atoms with Crippen molar-refractivity contribution in [3.63, 3.8) is 0 Å². The molecule has 0 fully saturated rings. The maximum Gasteiger partial charge on any atom is 0.256 e. The predicted octanol–water partition coefficient (Wildman–Crippen LogP) is 3.20. The molecule has 0 amide bonds. The fourth-order valence-electron chi connectivity index (χ4n) is 0.785. The minimum Gasteiger partial charge on any atom is -0.520 e. The molecule has 0 unspecified atom stereocenters. The molecule has 0 saturated carbocycles. The largest absolute Gasteiger partial charge is 0.520 e. The third-order valence-corrected chi connectivity index (χ3v) is 3.07. The average Bonchev–Trinajstić information content (AvgIpc) is 1.79. The number of rotatable bonds is 4. The Morgan fingerprint density at radius 2 is 1.46 bits per heavy atom. The first-order valence-corrected chi connectivity index (χ1v) is 11.6. The molecule has 0 aromatic heterocycles. The van der Waals surface area contributed by atoms with Crippen LogP contribution < -0.4 is 0 Å². The highest BCUT2D eigenvalue weighted by Crippen LogP contribution is 2.14. The second-order valence-corrected chi connectivity index (χ2v) is 14.7. The highest BCUT2D eigenvalue weighted by Gasteiger charge is 2.20. The fraction of sp³-hybridized carbons (Fsp3) is 0.778.